The van der Waals surface area contributed by atoms with Crippen LogP contribution in [-0.4, -0.2) is 76.6 Å². The van der Waals surface area contributed by atoms with Gasteiger partial charge in [0.1, 0.15) is 6.04 Å². The lowest BCUT2D eigenvalue weighted by Gasteiger charge is -2.53. The van der Waals surface area contributed by atoms with E-state index >= 15 is 0 Å². The van der Waals surface area contributed by atoms with Crippen LogP contribution in [0.1, 0.15) is 74.5 Å². The van der Waals surface area contributed by atoms with Gasteiger partial charge in [-0.05, 0) is 36.0 Å². The second-order valence-corrected chi connectivity index (χ2v) is 12.6. The van der Waals surface area contributed by atoms with E-state index in [2.05, 4.69) is 36.5 Å². The quantitative estimate of drug-likeness (QED) is 0.224. The SMILES string of the molecule is CCCCCCNC(=O)N1O[C@H](Cc2ccccc2)C(=O)N2C1CN(CCC(c1ccccc1)c1ccccc1)C(=O)[C@@H]2CCC(N)=O. The van der Waals surface area contributed by atoms with Gasteiger partial charge in [-0.1, -0.05) is 117 Å². The molecule has 5 amide bonds. The zero-order chi connectivity index (χ0) is 33.9. The fraction of sp³-hybridized carbons (Fsp3) is 0.421. The van der Waals surface area contributed by atoms with Crippen molar-refractivity contribution in [2.75, 3.05) is 19.6 Å². The van der Waals surface area contributed by atoms with Gasteiger partial charge in [-0.25, -0.2) is 4.79 Å². The van der Waals surface area contributed by atoms with E-state index in [0.717, 1.165) is 42.4 Å². The molecule has 3 atom stereocenters. The molecular weight excluding hydrogens is 606 g/mol. The molecule has 48 heavy (non-hydrogen) atoms. The molecule has 2 aliphatic rings. The molecule has 1 unspecified atom stereocenters. The molecule has 0 bridgehead atoms. The van der Waals surface area contributed by atoms with Gasteiger partial charge in [0.15, 0.2) is 12.3 Å². The maximum Gasteiger partial charge on any atom is 0.343 e. The third-order valence-corrected chi connectivity index (χ3v) is 9.21. The Hall–Kier alpha value is -4.70. The van der Waals surface area contributed by atoms with Crippen LogP contribution in [-0.2, 0) is 25.6 Å². The number of unbranched alkanes of at least 4 members (excludes halogenated alkanes) is 3. The highest BCUT2D eigenvalue weighted by Crippen LogP contribution is 2.33. The summed E-state index contributed by atoms with van der Waals surface area (Å²) < 4.78 is 0. The molecular formula is C38H47N5O5. The molecule has 3 aromatic rings. The number of carbonyl (C=O) groups excluding carboxylic acids is 4. The van der Waals surface area contributed by atoms with Crippen molar-refractivity contribution < 1.29 is 24.0 Å². The Bertz CT molecular complexity index is 1470. The van der Waals surface area contributed by atoms with Gasteiger partial charge in [-0.3, -0.25) is 19.2 Å². The van der Waals surface area contributed by atoms with Gasteiger partial charge < -0.3 is 20.9 Å². The lowest BCUT2D eigenvalue weighted by molar-refractivity contribution is -0.259. The minimum atomic E-state index is -1.02. The van der Waals surface area contributed by atoms with Crippen LogP contribution in [0.5, 0.6) is 0 Å². The minimum absolute atomic E-state index is 0.0179. The standard InChI is InChI=1S/C38H47N5O5/c1-2-3-4-14-24-40-38(47)43-35-27-41(25-23-31(29-17-10-6-11-18-29)30-19-12-7-13-20-30)36(45)32(21-22-34(39)44)42(35)37(46)33(48-43)26-28-15-8-5-9-16-28/h5-13,15-20,31-33,35H,2-4,14,21-27H2,1H3,(H2,39,44)(H,40,47)/t32-,33+,35?/m0/s1. The number of nitrogens with one attached hydrogen (secondary N) is 1. The summed E-state index contributed by atoms with van der Waals surface area (Å²) in [6.45, 7) is 3.05. The van der Waals surface area contributed by atoms with E-state index in [9.17, 15) is 19.2 Å². The Morgan fingerprint density at radius 1 is 0.875 bits per heavy atom. The summed E-state index contributed by atoms with van der Waals surface area (Å²) in [7, 11) is 0. The monoisotopic (exact) mass is 653 g/mol. The number of piperazine rings is 1. The maximum absolute atomic E-state index is 14.3. The Balaban J connectivity index is 1.43. The first-order chi connectivity index (χ1) is 23.4. The summed E-state index contributed by atoms with van der Waals surface area (Å²) in [5.74, 6) is -1.19. The third kappa shape index (κ3) is 8.60. The Labute approximate surface area is 283 Å². The molecule has 0 saturated carbocycles. The second kappa shape index (κ2) is 16.9. The minimum Gasteiger partial charge on any atom is -0.370 e. The molecule has 0 radical (unpaired) electrons. The predicted octanol–water partition coefficient (Wildman–Crippen LogP) is 4.99. The largest absolute Gasteiger partial charge is 0.370 e. The molecule has 254 valence electrons. The van der Waals surface area contributed by atoms with Crippen LogP contribution in [0.25, 0.3) is 0 Å². The topological polar surface area (TPSA) is 125 Å². The smallest absolute Gasteiger partial charge is 0.343 e. The van der Waals surface area contributed by atoms with Crippen LogP contribution in [0.15, 0.2) is 91.0 Å². The molecule has 10 heteroatoms. The number of primary amides is 1. The average Bonchev–Trinajstić information content (AvgIpc) is 3.10. The van der Waals surface area contributed by atoms with Crippen molar-refractivity contribution >= 4 is 23.8 Å². The van der Waals surface area contributed by atoms with E-state index in [1.165, 1.54) is 9.96 Å². The number of urea groups is 1. The average molecular weight is 654 g/mol. The summed E-state index contributed by atoms with van der Waals surface area (Å²) in [5, 5.41) is 4.22. The highest BCUT2D eigenvalue weighted by Gasteiger charge is 2.52. The number of benzene rings is 3. The first-order valence-electron chi connectivity index (χ1n) is 17.1. The molecule has 5 rings (SSSR count). The van der Waals surface area contributed by atoms with Gasteiger partial charge in [-0.15, -0.1) is 0 Å². The number of nitrogens with zero attached hydrogens (tertiary/aromatic N) is 3. The number of nitrogens with two attached hydrogens (primary N) is 1. The van der Waals surface area contributed by atoms with Crippen LogP contribution >= 0.6 is 0 Å². The van der Waals surface area contributed by atoms with Gasteiger partial charge in [0.05, 0.1) is 6.54 Å². The third-order valence-electron chi connectivity index (χ3n) is 9.21. The first-order valence-corrected chi connectivity index (χ1v) is 17.1. The van der Waals surface area contributed by atoms with Gasteiger partial charge in [0.25, 0.3) is 5.91 Å². The first kappa shape index (κ1) is 34.6. The van der Waals surface area contributed by atoms with E-state index in [1.807, 2.05) is 66.7 Å². The number of fused-ring (bicyclic) bond motifs is 1. The van der Waals surface area contributed by atoms with Gasteiger partial charge >= 0.3 is 6.03 Å². The molecule has 3 aromatic carbocycles. The summed E-state index contributed by atoms with van der Waals surface area (Å²) >= 11 is 0. The fourth-order valence-corrected chi connectivity index (χ4v) is 6.70. The summed E-state index contributed by atoms with van der Waals surface area (Å²) in [4.78, 5) is 63.6. The summed E-state index contributed by atoms with van der Waals surface area (Å²) in [6.07, 6.45) is 2.88. The molecule has 10 nitrogen and oxygen atoms in total. The van der Waals surface area contributed by atoms with Crippen LogP contribution in [0.4, 0.5) is 4.79 Å². The Morgan fingerprint density at radius 2 is 1.50 bits per heavy atom. The number of carbonyl (C=O) groups is 4. The molecule has 3 N–H and O–H groups in total. The molecule has 0 aliphatic carbocycles. The molecule has 0 aromatic heterocycles. The van der Waals surface area contributed by atoms with Gasteiger partial charge in [-0.2, -0.15) is 5.06 Å². The molecule has 0 spiro atoms. The van der Waals surface area contributed by atoms with Gasteiger partial charge in [0, 0.05) is 31.8 Å². The van der Waals surface area contributed by atoms with Crippen molar-refractivity contribution in [3.05, 3.63) is 108 Å². The van der Waals surface area contributed by atoms with Crippen molar-refractivity contribution in [2.45, 2.75) is 82.5 Å². The Kier molecular flexibility index (Phi) is 12.2. The van der Waals surface area contributed by atoms with Crippen molar-refractivity contribution in [1.82, 2.24) is 20.2 Å². The van der Waals surface area contributed by atoms with Crippen LogP contribution in [0, 0.1) is 0 Å². The fourth-order valence-electron chi connectivity index (χ4n) is 6.70. The normalized spacial score (nSPS) is 19.4. The van der Waals surface area contributed by atoms with Crippen LogP contribution in [0.3, 0.4) is 0 Å². The van der Waals surface area contributed by atoms with E-state index in [0.29, 0.717) is 19.5 Å². The van der Waals surface area contributed by atoms with Gasteiger partial charge in [0.2, 0.25) is 11.8 Å². The molecule has 2 heterocycles. The van der Waals surface area contributed by atoms with Crippen molar-refractivity contribution in [3.63, 3.8) is 0 Å². The number of hydroxylamine groups is 2. The lowest BCUT2D eigenvalue weighted by Crippen LogP contribution is -2.74. The lowest BCUT2D eigenvalue weighted by atomic mass is 9.88. The van der Waals surface area contributed by atoms with E-state index in [1.54, 1.807) is 4.90 Å². The molecule has 2 fully saturated rings. The van der Waals surface area contributed by atoms with Crippen LogP contribution in [0.2, 0.25) is 0 Å². The molecule has 2 saturated heterocycles. The highest BCUT2D eigenvalue weighted by atomic mass is 16.7. The summed E-state index contributed by atoms with van der Waals surface area (Å²) in [6, 6.07) is 28.3. The number of amides is 5. The van der Waals surface area contributed by atoms with Crippen molar-refractivity contribution in [1.29, 1.82) is 0 Å². The van der Waals surface area contributed by atoms with Crippen molar-refractivity contribution in [2.24, 2.45) is 5.73 Å². The maximum atomic E-state index is 14.3. The second-order valence-electron chi connectivity index (χ2n) is 12.6. The predicted molar refractivity (Wildman–Crippen MR) is 183 cm³/mol. The number of hydrogen-bond donors (Lipinski definition) is 2. The van der Waals surface area contributed by atoms with Crippen LogP contribution < -0.4 is 11.1 Å². The number of hydrogen-bond acceptors (Lipinski definition) is 5. The van der Waals surface area contributed by atoms with E-state index in [-0.39, 0.29) is 43.5 Å². The molecule has 2 aliphatic heterocycles. The highest BCUT2D eigenvalue weighted by molar-refractivity contribution is 5.92. The number of rotatable bonds is 15. The van der Waals surface area contributed by atoms with Crippen molar-refractivity contribution in [3.8, 4) is 0 Å². The summed E-state index contributed by atoms with van der Waals surface area (Å²) in [5.41, 5.74) is 8.67. The Morgan fingerprint density at radius 3 is 2.10 bits per heavy atom. The zero-order valence-corrected chi connectivity index (χ0v) is 27.7. The van der Waals surface area contributed by atoms with E-state index < -0.39 is 30.2 Å². The zero-order valence-electron chi connectivity index (χ0n) is 27.7. The van der Waals surface area contributed by atoms with E-state index in [4.69, 9.17) is 10.6 Å².